The highest BCUT2D eigenvalue weighted by Gasteiger charge is 2.31. The maximum absolute atomic E-state index is 13.3. The highest BCUT2D eigenvalue weighted by Crippen LogP contribution is 2.38. The number of hydrogen-bond acceptors (Lipinski definition) is 8. The van der Waals surface area contributed by atoms with Gasteiger partial charge in [0.25, 0.3) is 5.56 Å². The molecular weight excluding hydrogens is 468 g/mol. The first kappa shape index (κ1) is 22.9. The van der Waals surface area contributed by atoms with Crippen molar-refractivity contribution in [3.05, 3.63) is 61.9 Å². The molecule has 1 aliphatic carbocycles. The molecule has 1 fully saturated rings. The van der Waals surface area contributed by atoms with Gasteiger partial charge in [-0.1, -0.05) is 35.6 Å². The smallest absolute Gasteiger partial charge is 0.271 e. The predicted molar refractivity (Wildman–Crippen MR) is 138 cm³/mol. The molecule has 5 rings (SSSR count). The minimum absolute atomic E-state index is 0.110. The predicted octanol–water partition coefficient (Wildman–Crippen LogP) is 3.66. The number of aryl methyl sites for hydroxylation is 2. The molecule has 1 saturated heterocycles. The molecule has 0 saturated carbocycles. The Hall–Kier alpha value is -2.82. The van der Waals surface area contributed by atoms with Gasteiger partial charge in [-0.3, -0.25) is 19.0 Å². The number of thiazole rings is 1. The first-order valence-electron chi connectivity index (χ1n) is 11.6. The summed E-state index contributed by atoms with van der Waals surface area (Å²) >= 11 is 2.48. The van der Waals surface area contributed by atoms with Crippen molar-refractivity contribution in [3.8, 4) is 0 Å². The summed E-state index contributed by atoms with van der Waals surface area (Å²) in [5.74, 6) is 0.204. The number of nitrogens with zero attached hydrogens (tertiary/aromatic N) is 3. The second-order valence-corrected chi connectivity index (χ2v) is 10.6. The number of aromatic amines is 1. The number of nitrogens with one attached hydrogen (secondary N) is 2. The van der Waals surface area contributed by atoms with Gasteiger partial charge in [-0.2, -0.15) is 0 Å². The van der Waals surface area contributed by atoms with Crippen LogP contribution in [0.3, 0.4) is 0 Å². The summed E-state index contributed by atoms with van der Waals surface area (Å²) in [6.45, 7) is 5.44. The van der Waals surface area contributed by atoms with E-state index in [4.69, 9.17) is 5.73 Å². The molecular formula is C24H28N6O2S2. The van der Waals surface area contributed by atoms with Crippen molar-refractivity contribution in [2.45, 2.75) is 38.5 Å². The van der Waals surface area contributed by atoms with Crippen LogP contribution in [-0.2, 0) is 6.42 Å². The van der Waals surface area contributed by atoms with Crippen LogP contribution in [0.25, 0.3) is 0 Å². The molecule has 3 aromatic rings. The van der Waals surface area contributed by atoms with Crippen LogP contribution < -0.4 is 16.6 Å². The summed E-state index contributed by atoms with van der Waals surface area (Å²) in [7, 11) is 0. The van der Waals surface area contributed by atoms with Crippen molar-refractivity contribution in [3.63, 3.8) is 0 Å². The number of anilines is 2. The minimum Gasteiger partial charge on any atom is -0.383 e. The Balaban J connectivity index is 1.32. The molecule has 0 amide bonds. The molecule has 1 aromatic carbocycles. The van der Waals surface area contributed by atoms with Crippen molar-refractivity contribution in [2.24, 2.45) is 10.7 Å². The van der Waals surface area contributed by atoms with E-state index in [-0.39, 0.29) is 23.1 Å². The van der Waals surface area contributed by atoms with Gasteiger partial charge < -0.3 is 16.0 Å². The molecule has 8 nitrogen and oxygen atoms in total. The number of benzene rings is 1. The van der Waals surface area contributed by atoms with Crippen molar-refractivity contribution < 1.29 is 4.79 Å². The van der Waals surface area contributed by atoms with E-state index in [1.165, 1.54) is 29.7 Å². The van der Waals surface area contributed by atoms with Crippen molar-refractivity contribution in [2.75, 3.05) is 31.5 Å². The highest BCUT2D eigenvalue weighted by atomic mass is 32.1. The lowest BCUT2D eigenvalue weighted by Gasteiger charge is -2.12. The average molecular weight is 497 g/mol. The highest BCUT2D eigenvalue weighted by molar-refractivity contribution is 7.18. The van der Waals surface area contributed by atoms with E-state index in [1.54, 1.807) is 0 Å². The Morgan fingerprint density at radius 2 is 2.12 bits per heavy atom. The largest absolute Gasteiger partial charge is 0.383 e. The number of nitrogens with two attached hydrogens (primary N) is 1. The van der Waals surface area contributed by atoms with Crippen LogP contribution in [0.5, 0.6) is 0 Å². The number of aliphatic imine (C=N–C) groups is 1. The summed E-state index contributed by atoms with van der Waals surface area (Å²) in [5.41, 5.74) is 9.32. The Kier molecular flexibility index (Phi) is 6.62. The van der Waals surface area contributed by atoms with Gasteiger partial charge in [-0.15, -0.1) is 0 Å². The second kappa shape index (κ2) is 9.81. The van der Waals surface area contributed by atoms with E-state index in [9.17, 15) is 9.59 Å². The lowest BCUT2D eigenvalue weighted by atomic mass is 9.95. The van der Waals surface area contributed by atoms with E-state index in [0.717, 1.165) is 49.6 Å². The first-order valence-corrected chi connectivity index (χ1v) is 13.2. The van der Waals surface area contributed by atoms with Crippen LogP contribution in [-0.4, -0.2) is 52.1 Å². The summed E-state index contributed by atoms with van der Waals surface area (Å²) in [6.07, 6.45) is 4.20. The molecule has 0 spiro atoms. The van der Waals surface area contributed by atoms with Crippen LogP contribution in [0.4, 0.5) is 10.1 Å². The number of carbonyl (C=O) groups excluding carboxylic acids is 1. The molecule has 4 N–H and O–H groups in total. The average Bonchev–Trinajstić information content (AvgIpc) is 3.61. The zero-order valence-corrected chi connectivity index (χ0v) is 20.7. The summed E-state index contributed by atoms with van der Waals surface area (Å²) < 4.78 is 2.73. The number of Topliss-reactive ketones (excluding diaryl/α,β-unsaturated/α-hetero) is 1. The Bertz CT molecular complexity index is 1280. The monoisotopic (exact) mass is 496 g/mol. The number of fused-ring (bicyclic) bond motifs is 1. The van der Waals surface area contributed by atoms with E-state index >= 15 is 0 Å². The topological polar surface area (TPSA) is 116 Å². The van der Waals surface area contributed by atoms with Crippen LogP contribution >= 0.6 is 22.9 Å². The van der Waals surface area contributed by atoms with Gasteiger partial charge >= 0.3 is 0 Å². The quantitative estimate of drug-likeness (QED) is 0.249. The summed E-state index contributed by atoms with van der Waals surface area (Å²) in [6, 6.07) is 8.16. The third-order valence-electron chi connectivity index (χ3n) is 6.54. The van der Waals surface area contributed by atoms with Gasteiger partial charge in [0.2, 0.25) is 0 Å². The molecule has 2 aromatic heterocycles. The van der Waals surface area contributed by atoms with Gasteiger partial charge in [0.15, 0.2) is 10.9 Å². The van der Waals surface area contributed by atoms with E-state index in [2.05, 4.69) is 36.7 Å². The normalized spacial score (nSPS) is 18.4. The number of rotatable bonds is 8. The molecule has 0 radical (unpaired) electrons. The fourth-order valence-electron chi connectivity index (χ4n) is 4.78. The van der Waals surface area contributed by atoms with Gasteiger partial charge in [0.05, 0.1) is 17.1 Å². The summed E-state index contributed by atoms with van der Waals surface area (Å²) in [4.78, 5) is 37.8. The zero-order valence-electron chi connectivity index (χ0n) is 19.1. The van der Waals surface area contributed by atoms with E-state index < -0.39 is 0 Å². The maximum Gasteiger partial charge on any atom is 0.271 e. The standard InChI is InChI=1S/C24H28N6O2S2/c1-14-20(19(31)17-9-8-15-6-2-3-7-16(15)17)33-24(27-14)28-23-18(22(32)29-34-23)21(25)26-10-13-30-11-4-5-12-30/h2-3,6-7,17H,4-5,8-13H2,1H3,(H2,25,26)(H,27,28)(H,29,32). The van der Waals surface area contributed by atoms with E-state index in [1.807, 2.05) is 19.1 Å². The first-order chi connectivity index (χ1) is 16.5. The minimum atomic E-state index is -0.276. The Morgan fingerprint density at radius 1 is 1.32 bits per heavy atom. The number of aromatic nitrogens is 2. The number of H-pyrrole nitrogens is 1. The van der Waals surface area contributed by atoms with Crippen LogP contribution in [0, 0.1) is 6.92 Å². The van der Waals surface area contributed by atoms with Gasteiger partial charge in [0, 0.05) is 12.5 Å². The number of hydrogen-bond donors (Lipinski definition) is 3. The van der Waals surface area contributed by atoms with Crippen LogP contribution in [0.1, 0.15) is 57.2 Å². The molecule has 34 heavy (non-hydrogen) atoms. The molecule has 0 bridgehead atoms. The van der Waals surface area contributed by atoms with Crippen molar-refractivity contribution in [1.29, 1.82) is 0 Å². The number of amidine groups is 1. The SMILES string of the molecule is Cc1nc(Nc2s[nH]c(=O)c2C(N)=NCCN2CCCC2)sc1C(=O)C1CCc2ccccc21. The molecule has 178 valence electrons. The van der Waals surface area contributed by atoms with Crippen molar-refractivity contribution >= 4 is 44.6 Å². The van der Waals surface area contributed by atoms with Gasteiger partial charge in [0.1, 0.15) is 16.4 Å². The van der Waals surface area contributed by atoms with Crippen LogP contribution in [0.15, 0.2) is 34.1 Å². The molecule has 1 atom stereocenters. The van der Waals surface area contributed by atoms with E-state index in [0.29, 0.717) is 32.8 Å². The van der Waals surface area contributed by atoms with Gasteiger partial charge in [-0.05, 0) is 68.4 Å². The maximum atomic E-state index is 13.3. The van der Waals surface area contributed by atoms with Gasteiger partial charge in [-0.25, -0.2) is 4.98 Å². The summed E-state index contributed by atoms with van der Waals surface area (Å²) in [5, 5.41) is 4.33. The number of carbonyl (C=O) groups is 1. The second-order valence-electron chi connectivity index (χ2n) is 8.77. The fourth-order valence-corrected chi connectivity index (χ4v) is 6.56. The zero-order chi connectivity index (χ0) is 23.7. The molecule has 3 heterocycles. The third kappa shape index (κ3) is 4.57. The molecule has 2 aliphatic rings. The molecule has 10 heteroatoms. The fraction of sp³-hybridized carbons (Fsp3) is 0.417. The lowest BCUT2D eigenvalue weighted by Crippen LogP contribution is -2.26. The molecule has 1 aliphatic heterocycles. The third-order valence-corrected chi connectivity index (χ3v) is 8.43. The molecule has 1 unspecified atom stereocenters. The lowest BCUT2D eigenvalue weighted by molar-refractivity contribution is 0.0963. The number of likely N-dealkylation sites (tertiary alicyclic amines) is 1. The Labute approximate surface area is 206 Å². The van der Waals surface area contributed by atoms with Crippen molar-refractivity contribution in [1.82, 2.24) is 14.3 Å². The Morgan fingerprint density at radius 3 is 2.94 bits per heavy atom. The number of ketones is 1. The van der Waals surface area contributed by atoms with Crippen LogP contribution in [0.2, 0.25) is 0 Å².